The van der Waals surface area contributed by atoms with Gasteiger partial charge in [-0.3, -0.25) is 9.05 Å². The van der Waals surface area contributed by atoms with Gasteiger partial charge in [0.25, 0.3) is 0 Å². The Morgan fingerprint density at radius 2 is 1.58 bits per heavy atom. The van der Waals surface area contributed by atoms with Gasteiger partial charge in [0.05, 0.1) is 19.8 Å². The van der Waals surface area contributed by atoms with E-state index in [1.165, 1.54) is 12.7 Å². The standard InChI is InChI=1S/C35H37O9P/c1-38-35-33(39-20-23-12-4-2-5-13-23)32(31-30(42-35)22-40-34(43-31)24-14-6-3-7-15-24)44-45(36,37)41-21-29-27-18-10-8-16-25(27)26-17-9-11-19-28(26)29/h2-19,25,27,29-35H,20-22H2,1H3,(H,36,37)/t25?,27?,29?,30-,31+,32+,33-,34?,35-/m1/s1. The molecule has 236 valence electrons. The van der Waals surface area contributed by atoms with Crippen LogP contribution in [0.3, 0.4) is 0 Å². The number of hydrogen-bond acceptors (Lipinski definition) is 8. The average Bonchev–Trinajstić information content (AvgIpc) is 3.41. The Bertz CT molecular complexity index is 1540. The van der Waals surface area contributed by atoms with Gasteiger partial charge >= 0.3 is 7.82 Å². The van der Waals surface area contributed by atoms with Crippen LogP contribution in [-0.2, 0) is 43.9 Å². The molecule has 7 rings (SSSR count). The van der Waals surface area contributed by atoms with Crippen LogP contribution in [0.5, 0.6) is 0 Å². The predicted molar refractivity (Wildman–Crippen MR) is 165 cm³/mol. The molecule has 45 heavy (non-hydrogen) atoms. The zero-order valence-electron chi connectivity index (χ0n) is 24.9. The SMILES string of the molecule is CO[C@@H]1O[C@@H]2COC(c3ccccc3)O[C@@H]2[C@H](OP(=O)(O)OCC2c3ccccc3C3C=CC=CC32)[C@H]1OCc1ccccc1. The Hall–Kier alpha value is -2.95. The van der Waals surface area contributed by atoms with Crippen LogP contribution in [0.2, 0.25) is 0 Å². The molecule has 3 aromatic carbocycles. The lowest BCUT2D eigenvalue weighted by atomic mass is 9.84. The van der Waals surface area contributed by atoms with Gasteiger partial charge < -0.3 is 28.6 Å². The van der Waals surface area contributed by atoms with E-state index in [1.54, 1.807) is 0 Å². The van der Waals surface area contributed by atoms with E-state index in [2.05, 4.69) is 24.3 Å². The van der Waals surface area contributed by atoms with Gasteiger partial charge in [-0.1, -0.05) is 109 Å². The highest BCUT2D eigenvalue weighted by molar-refractivity contribution is 7.47. The van der Waals surface area contributed by atoms with Crippen molar-refractivity contribution in [3.63, 3.8) is 0 Å². The average molecular weight is 633 g/mol. The monoisotopic (exact) mass is 632 g/mol. The van der Waals surface area contributed by atoms with Gasteiger partial charge in [0, 0.05) is 24.5 Å². The number of methoxy groups -OCH3 is 1. The van der Waals surface area contributed by atoms with Gasteiger partial charge in [0.2, 0.25) is 0 Å². The Morgan fingerprint density at radius 1 is 0.867 bits per heavy atom. The molecule has 4 aliphatic rings. The van der Waals surface area contributed by atoms with Crippen LogP contribution in [0.4, 0.5) is 0 Å². The smallest absolute Gasteiger partial charge is 0.365 e. The van der Waals surface area contributed by atoms with Crippen molar-refractivity contribution in [2.24, 2.45) is 5.92 Å². The molecule has 0 saturated carbocycles. The number of phosphoric acid groups is 1. The maximum atomic E-state index is 13.8. The van der Waals surface area contributed by atoms with Crippen molar-refractivity contribution < 1.29 is 42.2 Å². The third-order valence-corrected chi connectivity index (χ3v) is 9.93. The summed E-state index contributed by atoms with van der Waals surface area (Å²) in [5.74, 6) is 0.196. The second-order valence-corrected chi connectivity index (χ2v) is 13.1. The highest BCUT2D eigenvalue weighted by Gasteiger charge is 2.54. The molecule has 0 radical (unpaired) electrons. The second-order valence-electron chi connectivity index (χ2n) is 11.7. The molecule has 2 saturated heterocycles. The molecular weight excluding hydrogens is 595 g/mol. The van der Waals surface area contributed by atoms with Gasteiger partial charge in [-0.2, -0.15) is 0 Å². The maximum Gasteiger partial charge on any atom is 0.472 e. The number of ether oxygens (including phenoxy) is 5. The molecule has 9 nitrogen and oxygen atoms in total. The summed E-state index contributed by atoms with van der Waals surface area (Å²) in [6, 6.07) is 27.3. The van der Waals surface area contributed by atoms with Crippen molar-refractivity contribution >= 4 is 7.82 Å². The summed E-state index contributed by atoms with van der Waals surface area (Å²) < 4.78 is 56.2. The van der Waals surface area contributed by atoms with E-state index in [9.17, 15) is 9.46 Å². The Balaban J connectivity index is 1.14. The molecule has 2 aliphatic heterocycles. The zero-order valence-corrected chi connectivity index (χ0v) is 25.8. The summed E-state index contributed by atoms with van der Waals surface area (Å²) in [4.78, 5) is 11.3. The third-order valence-electron chi connectivity index (χ3n) is 8.94. The van der Waals surface area contributed by atoms with Crippen LogP contribution in [0.15, 0.2) is 109 Å². The van der Waals surface area contributed by atoms with Crippen LogP contribution in [-0.4, -0.2) is 55.9 Å². The van der Waals surface area contributed by atoms with Crippen molar-refractivity contribution in [1.82, 2.24) is 0 Å². The molecule has 2 fully saturated rings. The molecular formula is C35H37O9P. The van der Waals surface area contributed by atoms with E-state index in [4.69, 9.17) is 32.7 Å². The number of rotatable bonds is 10. The number of allylic oxidation sites excluding steroid dienone is 4. The summed E-state index contributed by atoms with van der Waals surface area (Å²) in [5, 5.41) is 0. The van der Waals surface area contributed by atoms with Gasteiger partial charge in [0.1, 0.15) is 24.4 Å². The largest absolute Gasteiger partial charge is 0.472 e. The van der Waals surface area contributed by atoms with Crippen molar-refractivity contribution in [2.75, 3.05) is 20.3 Å². The fourth-order valence-corrected chi connectivity index (χ4v) is 7.77. The normalized spacial score (nSPS) is 33.2. The fourth-order valence-electron chi connectivity index (χ4n) is 6.82. The lowest BCUT2D eigenvalue weighted by Crippen LogP contribution is -2.63. The lowest BCUT2D eigenvalue weighted by Gasteiger charge is -2.48. The minimum atomic E-state index is -4.65. The molecule has 1 N–H and O–H groups in total. The van der Waals surface area contributed by atoms with Crippen molar-refractivity contribution in [3.8, 4) is 0 Å². The summed E-state index contributed by atoms with van der Waals surface area (Å²) in [6.07, 6.45) is 3.27. The van der Waals surface area contributed by atoms with Gasteiger partial charge in [0.15, 0.2) is 12.6 Å². The van der Waals surface area contributed by atoms with Crippen molar-refractivity contribution in [2.45, 2.75) is 55.4 Å². The summed E-state index contributed by atoms with van der Waals surface area (Å²) >= 11 is 0. The van der Waals surface area contributed by atoms with Crippen LogP contribution in [0.25, 0.3) is 0 Å². The molecule has 0 spiro atoms. The molecule has 10 heteroatoms. The van der Waals surface area contributed by atoms with Gasteiger partial charge in [-0.15, -0.1) is 0 Å². The summed E-state index contributed by atoms with van der Waals surface area (Å²) in [7, 11) is -3.16. The first-order valence-corrected chi connectivity index (χ1v) is 16.8. The fraction of sp³-hybridized carbons (Fsp3) is 0.371. The van der Waals surface area contributed by atoms with Crippen LogP contribution >= 0.6 is 7.82 Å². The predicted octanol–water partition coefficient (Wildman–Crippen LogP) is 6.18. The van der Waals surface area contributed by atoms with E-state index >= 15 is 0 Å². The number of benzene rings is 3. The topological polar surface area (TPSA) is 102 Å². The Labute approximate surface area is 262 Å². The third kappa shape index (κ3) is 6.51. The van der Waals surface area contributed by atoms with E-state index in [0.717, 1.165) is 16.7 Å². The minimum Gasteiger partial charge on any atom is -0.365 e. The molecule has 3 aromatic rings. The number of fused-ring (bicyclic) bond motifs is 4. The summed E-state index contributed by atoms with van der Waals surface area (Å²) in [6.45, 7) is 0.359. The van der Waals surface area contributed by atoms with Crippen LogP contribution in [0, 0.1) is 5.92 Å². The molecule has 2 heterocycles. The van der Waals surface area contributed by atoms with Gasteiger partial charge in [-0.05, 0) is 22.6 Å². The molecule has 0 amide bonds. The zero-order chi connectivity index (χ0) is 30.8. The van der Waals surface area contributed by atoms with Crippen molar-refractivity contribution in [1.29, 1.82) is 0 Å². The van der Waals surface area contributed by atoms with Crippen LogP contribution in [0.1, 0.15) is 40.4 Å². The minimum absolute atomic E-state index is 0.00130. The highest BCUT2D eigenvalue weighted by Crippen LogP contribution is 2.54. The Kier molecular flexibility index (Phi) is 9.15. The van der Waals surface area contributed by atoms with E-state index < -0.39 is 44.8 Å². The first-order chi connectivity index (χ1) is 22.0. The van der Waals surface area contributed by atoms with Crippen LogP contribution < -0.4 is 0 Å². The molecule has 0 bridgehead atoms. The maximum absolute atomic E-state index is 13.8. The quantitative estimate of drug-likeness (QED) is 0.263. The molecule has 0 aromatic heterocycles. The second kappa shape index (κ2) is 13.4. The Morgan fingerprint density at radius 3 is 2.36 bits per heavy atom. The van der Waals surface area contributed by atoms with Gasteiger partial charge in [-0.25, -0.2) is 4.57 Å². The number of phosphoric ester groups is 1. The van der Waals surface area contributed by atoms with E-state index in [0.29, 0.717) is 0 Å². The van der Waals surface area contributed by atoms with Crippen molar-refractivity contribution in [3.05, 3.63) is 131 Å². The van der Waals surface area contributed by atoms with E-state index in [-0.39, 0.29) is 37.6 Å². The summed E-state index contributed by atoms with van der Waals surface area (Å²) in [5.41, 5.74) is 4.03. The molecule has 10 atom stereocenters. The highest BCUT2D eigenvalue weighted by atomic mass is 31.2. The first-order valence-electron chi connectivity index (χ1n) is 15.3. The van der Waals surface area contributed by atoms with E-state index in [1.807, 2.05) is 84.9 Å². The molecule has 5 unspecified atom stereocenters. The first kappa shape index (κ1) is 30.7. The lowest BCUT2D eigenvalue weighted by molar-refractivity contribution is -0.361. The molecule has 2 aliphatic carbocycles. The number of hydrogen-bond donors (Lipinski definition) is 1.